The number of hydrogen-bond acceptors (Lipinski definition) is 6. The van der Waals surface area contributed by atoms with Crippen LogP contribution in [0.4, 0.5) is 11.5 Å². The van der Waals surface area contributed by atoms with Crippen molar-refractivity contribution in [3.63, 3.8) is 0 Å². The molecule has 0 aliphatic heterocycles. The molecule has 1 aromatic carbocycles. The van der Waals surface area contributed by atoms with E-state index in [0.717, 1.165) is 6.20 Å². The second kappa shape index (κ2) is 5.97. The van der Waals surface area contributed by atoms with Crippen molar-refractivity contribution in [2.45, 2.75) is 4.90 Å². The Morgan fingerprint density at radius 2 is 2.10 bits per heavy atom. The molecule has 2 rings (SSSR count). The molecule has 9 heteroatoms. The van der Waals surface area contributed by atoms with Gasteiger partial charge in [-0.25, -0.2) is 19.2 Å². The van der Waals surface area contributed by atoms with Gasteiger partial charge in [-0.1, -0.05) is 17.7 Å². The first-order valence-electron chi connectivity index (χ1n) is 5.61. The molecule has 0 fully saturated rings. The van der Waals surface area contributed by atoms with Crippen molar-refractivity contribution in [2.24, 2.45) is 5.84 Å². The molecule has 0 atom stereocenters. The number of hydrazine groups is 1. The van der Waals surface area contributed by atoms with Crippen LogP contribution < -0.4 is 16.0 Å². The summed E-state index contributed by atoms with van der Waals surface area (Å²) < 4.78 is 26.8. The Kier molecular flexibility index (Phi) is 4.28. The summed E-state index contributed by atoms with van der Waals surface area (Å²) in [6.45, 7) is 0. The monoisotopic (exact) mass is 323 g/mol. The molecule has 0 spiro atoms. The van der Waals surface area contributed by atoms with Gasteiger partial charge in [-0.3, -0.25) is 4.72 Å². The molecule has 0 unspecified atom stereocenters. The largest absolute Gasteiger partial charge is 0.307 e. The lowest BCUT2D eigenvalue weighted by atomic mass is 10.2. The highest BCUT2D eigenvalue weighted by Gasteiger charge is 2.17. The number of nitrogens with two attached hydrogens (primary N) is 1. The van der Waals surface area contributed by atoms with Gasteiger partial charge in [0.1, 0.15) is 4.90 Å². The quantitative estimate of drug-likeness (QED) is 0.581. The van der Waals surface area contributed by atoms with E-state index in [9.17, 15) is 8.42 Å². The first kappa shape index (κ1) is 15.1. The van der Waals surface area contributed by atoms with E-state index in [1.807, 2.05) is 6.07 Å². The second-order valence-electron chi connectivity index (χ2n) is 3.94. The van der Waals surface area contributed by atoms with Gasteiger partial charge < -0.3 is 5.43 Å². The molecule has 2 aromatic rings. The number of nitrogen functional groups attached to an aromatic ring is 1. The SMILES string of the molecule is N#Cc1cccc(NS(=O)(=O)c2cnc(NN)c(Cl)c2)c1. The van der Waals surface area contributed by atoms with Gasteiger partial charge in [-0.15, -0.1) is 0 Å². The maximum absolute atomic E-state index is 12.2. The van der Waals surface area contributed by atoms with Crippen LogP contribution in [0.3, 0.4) is 0 Å². The van der Waals surface area contributed by atoms with Gasteiger partial charge in [0.25, 0.3) is 10.0 Å². The molecular weight excluding hydrogens is 314 g/mol. The fourth-order valence-electron chi connectivity index (χ4n) is 1.54. The number of hydrogen-bond donors (Lipinski definition) is 3. The minimum absolute atomic E-state index is 0.0751. The summed E-state index contributed by atoms with van der Waals surface area (Å²) in [6, 6.07) is 9.24. The van der Waals surface area contributed by atoms with Gasteiger partial charge >= 0.3 is 0 Å². The van der Waals surface area contributed by atoms with E-state index in [4.69, 9.17) is 22.7 Å². The van der Waals surface area contributed by atoms with Crippen LogP contribution in [0.2, 0.25) is 5.02 Å². The van der Waals surface area contributed by atoms with Crippen molar-refractivity contribution in [2.75, 3.05) is 10.1 Å². The minimum Gasteiger partial charge on any atom is -0.307 e. The van der Waals surface area contributed by atoms with Crippen LogP contribution in [0, 0.1) is 11.3 Å². The lowest BCUT2D eigenvalue weighted by molar-refractivity contribution is 0.601. The molecule has 0 radical (unpaired) electrons. The van der Waals surface area contributed by atoms with Crippen molar-refractivity contribution in [3.05, 3.63) is 47.1 Å². The topological polar surface area (TPSA) is 121 Å². The fraction of sp³-hybridized carbons (Fsp3) is 0. The van der Waals surface area contributed by atoms with Gasteiger partial charge in [0.15, 0.2) is 5.82 Å². The third-order valence-corrected chi connectivity index (χ3v) is 4.14. The Morgan fingerprint density at radius 3 is 2.71 bits per heavy atom. The number of anilines is 2. The van der Waals surface area contributed by atoms with Gasteiger partial charge in [-0.05, 0) is 24.3 Å². The smallest absolute Gasteiger partial charge is 0.263 e. The molecule has 0 aliphatic rings. The van der Waals surface area contributed by atoms with Crippen LogP contribution in [0.15, 0.2) is 41.4 Å². The molecule has 0 bridgehead atoms. The third kappa shape index (κ3) is 3.41. The molecule has 7 nitrogen and oxygen atoms in total. The molecule has 108 valence electrons. The van der Waals surface area contributed by atoms with Crippen molar-refractivity contribution in [1.29, 1.82) is 5.26 Å². The van der Waals surface area contributed by atoms with E-state index < -0.39 is 10.0 Å². The Morgan fingerprint density at radius 1 is 1.33 bits per heavy atom. The van der Waals surface area contributed by atoms with Crippen LogP contribution in [0.25, 0.3) is 0 Å². The summed E-state index contributed by atoms with van der Waals surface area (Å²) in [5.74, 6) is 5.34. The van der Waals surface area contributed by atoms with E-state index in [0.29, 0.717) is 5.56 Å². The fourth-order valence-corrected chi connectivity index (χ4v) is 2.85. The normalized spacial score (nSPS) is 10.7. The van der Waals surface area contributed by atoms with E-state index in [1.54, 1.807) is 12.1 Å². The van der Waals surface area contributed by atoms with Gasteiger partial charge in [0.05, 0.1) is 22.3 Å². The van der Waals surface area contributed by atoms with Crippen molar-refractivity contribution >= 4 is 33.1 Å². The van der Waals surface area contributed by atoms with E-state index >= 15 is 0 Å². The number of nitrogens with zero attached hydrogens (tertiary/aromatic N) is 2. The van der Waals surface area contributed by atoms with Crippen LogP contribution in [0.1, 0.15) is 5.56 Å². The van der Waals surface area contributed by atoms with Crippen molar-refractivity contribution < 1.29 is 8.42 Å². The first-order valence-corrected chi connectivity index (χ1v) is 7.47. The van der Waals surface area contributed by atoms with Gasteiger partial charge in [0.2, 0.25) is 0 Å². The van der Waals surface area contributed by atoms with E-state index in [1.165, 1.54) is 18.2 Å². The van der Waals surface area contributed by atoms with Crippen LogP contribution in [-0.4, -0.2) is 13.4 Å². The average molecular weight is 324 g/mol. The molecular formula is C12H10ClN5O2S. The summed E-state index contributed by atoms with van der Waals surface area (Å²) in [5.41, 5.74) is 2.86. The number of nitriles is 1. The Balaban J connectivity index is 2.34. The summed E-state index contributed by atoms with van der Waals surface area (Å²) >= 11 is 5.85. The average Bonchev–Trinajstić information content (AvgIpc) is 2.47. The van der Waals surface area contributed by atoms with Crippen molar-refractivity contribution in [3.8, 4) is 6.07 Å². The van der Waals surface area contributed by atoms with E-state index in [-0.39, 0.29) is 21.4 Å². The Labute approximate surface area is 126 Å². The molecule has 0 amide bonds. The molecule has 21 heavy (non-hydrogen) atoms. The highest BCUT2D eigenvalue weighted by Crippen LogP contribution is 2.23. The van der Waals surface area contributed by atoms with Gasteiger partial charge in [0, 0.05) is 6.20 Å². The number of pyridine rings is 1. The highest BCUT2D eigenvalue weighted by molar-refractivity contribution is 7.92. The third-order valence-electron chi connectivity index (χ3n) is 2.51. The van der Waals surface area contributed by atoms with Crippen LogP contribution in [-0.2, 0) is 10.0 Å². The maximum atomic E-state index is 12.2. The Bertz CT molecular complexity index is 817. The van der Waals surface area contributed by atoms with Crippen LogP contribution in [0.5, 0.6) is 0 Å². The second-order valence-corrected chi connectivity index (χ2v) is 6.03. The predicted octanol–water partition coefficient (Wildman–Crippen LogP) is 1.69. The maximum Gasteiger partial charge on any atom is 0.263 e. The molecule has 0 aliphatic carbocycles. The first-order chi connectivity index (χ1) is 9.96. The molecule has 0 saturated heterocycles. The number of benzene rings is 1. The zero-order chi connectivity index (χ0) is 15.5. The number of sulfonamides is 1. The van der Waals surface area contributed by atoms with Crippen LogP contribution >= 0.6 is 11.6 Å². The minimum atomic E-state index is -3.86. The lowest BCUT2D eigenvalue weighted by Gasteiger charge is -2.09. The predicted molar refractivity (Wildman–Crippen MR) is 79.0 cm³/mol. The summed E-state index contributed by atoms with van der Waals surface area (Å²) in [5, 5.41) is 8.87. The lowest BCUT2D eigenvalue weighted by Crippen LogP contribution is -2.15. The zero-order valence-corrected chi connectivity index (χ0v) is 12.1. The van der Waals surface area contributed by atoms with E-state index in [2.05, 4.69) is 15.1 Å². The van der Waals surface area contributed by atoms with Gasteiger partial charge in [-0.2, -0.15) is 5.26 Å². The molecule has 1 heterocycles. The number of rotatable bonds is 4. The number of nitrogens with one attached hydrogen (secondary N) is 2. The standard InChI is InChI=1S/C12H10ClN5O2S/c13-11-5-10(7-16-12(11)17-15)21(19,20)18-9-3-1-2-8(4-9)6-14/h1-5,7,18H,15H2,(H,16,17). The molecule has 0 saturated carbocycles. The number of halogens is 1. The highest BCUT2D eigenvalue weighted by atomic mass is 35.5. The summed E-state index contributed by atoms with van der Waals surface area (Å²) in [4.78, 5) is 3.68. The molecule has 4 N–H and O–H groups in total. The number of aromatic nitrogens is 1. The Hall–Kier alpha value is -2.34. The summed E-state index contributed by atoms with van der Waals surface area (Å²) in [6.07, 6.45) is 1.12. The summed E-state index contributed by atoms with van der Waals surface area (Å²) in [7, 11) is -3.86. The zero-order valence-electron chi connectivity index (χ0n) is 10.5. The van der Waals surface area contributed by atoms with Crippen molar-refractivity contribution in [1.82, 2.24) is 4.98 Å². The molecule has 1 aromatic heterocycles.